The molecule has 4 rings (SSSR count). The summed E-state index contributed by atoms with van der Waals surface area (Å²) >= 11 is 0. The Bertz CT molecular complexity index is 1000. The van der Waals surface area contributed by atoms with Gasteiger partial charge in [-0.25, -0.2) is 0 Å². The maximum Gasteiger partial charge on any atom is 0.244 e. The predicted octanol–water partition coefficient (Wildman–Crippen LogP) is 2.19. The second-order valence-electron chi connectivity index (χ2n) is 7.41. The first kappa shape index (κ1) is 20.2. The quantitative estimate of drug-likeness (QED) is 0.749. The molecule has 8 heteroatoms. The molecule has 30 heavy (non-hydrogen) atoms. The van der Waals surface area contributed by atoms with E-state index in [1.807, 2.05) is 6.07 Å². The molecule has 0 unspecified atom stereocenters. The topological polar surface area (TPSA) is 86.7 Å². The zero-order valence-corrected chi connectivity index (χ0v) is 17.6. The van der Waals surface area contributed by atoms with Gasteiger partial charge in [0.25, 0.3) is 0 Å². The maximum absolute atomic E-state index is 12.1. The molecule has 2 aromatic carbocycles. The van der Waals surface area contributed by atoms with E-state index in [0.29, 0.717) is 59.3 Å². The van der Waals surface area contributed by atoms with E-state index in [1.165, 1.54) is 26.2 Å². The van der Waals surface area contributed by atoms with Crippen LogP contribution >= 0.6 is 0 Å². The van der Waals surface area contributed by atoms with E-state index in [0.717, 1.165) is 5.56 Å². The third-order valence-corrected chi connectivity index (χ3v) is 6.06. The van der Waals surface area contributed by atoms with Crippen molar-refractivity contribution in [2.24, 2.45) is 0 Å². The van der Waals surface area contributed by atoms with E-state index in [2.05, 4.69) is 0 Å². The van der Waals surface area contributed by atoms with Crippen LogP contribution < -0.4 is 23.7 Å². The summed E-state index contributed by atoms with van der Waals surface area (Å²) in [4.78, 5) is 13.6. The molecule has 0 saturated heterocycles. The highest BCUT2D eigenvalue weighted by atomic mass is 16.6. The van der Waals surface area contributed by atoms with Crippen molar-refractivity contribution in [3.63, 3.8) is 0 Å². The minimum atomic E-state index is -1.59. The van der Waals surface area contributed by atoms with Gasteiger partial charge in [-0.05, 0) is 43.2 Å². The van der Waals surface area contributed by atoms with Gasteiger partial charge in [-0.1, -0.05) is 0 Å². The van der Waals surface area contributed by atoms with E-state index in [4.69, 9.17) is 23.7 Å². The normalized spacial score (nSPS) is 24.0. The zero-order chi connectivity index (χ0) is 21.7. The molecule has 0 saturated carbocycles. The minimum Gasteiger partial charge on any atom is -0.493 e. The SMILES string of the molecule is COc1cc2c(cc1OC)[C@@]1(Oc3c(ccc(OC)c3OC)[C@]1(C)O)N(C=O)CC2. The van der Waals surface area contributed by atoms with Crippen LogP contribution in [0.2, 0.25) is 0 Å². The Balaban J connectivity index is 2.02. The van der Waals surface area contributed by atoms with Gasteiger partial charge in [0.05, 0.1) is 28.4 Å². The lowest BCUT2D eigenvalue weighted by Crippen LogP contribution is -2.61. The highest BCUT2D eigenvalue weighted by Crippen LogP contribution is 2.60. The summed E-state index contributed by atoms with van der Waals surface area (Å²) in [6.07, 6.45) is 1.27. The van der Waals surface area contributed by atoms with Crippen molar-refractivity contribution in [1.29, 1.82) is 0 Å². The summed E-state index contributed by atoms with van der Waals surface area (Å²) in [7, 11) is 6.13. The van der Waals surface area contributed by atoms with Gasteiger partial charge >= 0.3 is 0 Å². The number of amides is 1. The highest BCUT2D eigenvalue weighted by molar-refractivity contribution is 5.65. The van der Waals surface area contributed by atoms with Crippen molar-refractivity contribution in [3.05, 3.63) is 41.0 Å². The van der Waals surface area contributed by atoms with Crippen molar-refractivity contribution < 1.29 is 33.6 Å². The Hall–Kier alpha value is -3.13. The van der Waals surface area contributed by atoms with E-state index in [9.17, 15) is 9.90 Å². The Kier molecular flexibility index (Phi) is 4.69. The molecule has 2 atom stereocenters. The third kappa shape index (κ3) is 2.40. The molecule has 2 heterocycles. The molecule has 1 spiro atoms. The fourth-order valence-corrected chi connectivity index (χ4v) is 4.59. The number of rotatable bonds is 5. The van der Waals surface area contributed by atoms with Crippen LogP contribution in [0.25, 0.3) is 0 Å². The number of carbonyl (C=O) groups is 1. The van der Waals surface area contributed by atoms with Gasteiger partial charge < -0.3 is 33.7 Å². The zero-order valence-electron chi connectivity index (χ0n) is 17.6. The molecule has 2 aliphatic heterocycles. The number of hydrogen-bond donors (Lipinski definition) is 1. The molecule has 0 radical (unpaired) electrons. The van der Waals surface area contributed by atoms with Crippen LogP contribution in [0.4, 0.5) is 0 Å². The number of hydrogen-bond acceptors (Lipinski definition) is 7. The van der Waals surface area contributed by atoms with Gasteiger partial charge in [-0.3, -0.25) is 4.79 Å². The molecule has 8 nitrogen and oxygen atoms in total. The van der Waals surface area contributed by atoms with Gasteiger partial charge in [0, 0.05) is 17.7 Å². The maximum atomic E-state index is 12.1. The van der Waals surface area contributed by atoms with Gasteiger partial charge in [-0.15, -0.1) is 0 Å². The fraction of sp³-hybridized carbons (Fsp3) is 0.409. The molecule has 1 amide bonds. The Morgan fingerprint density at radius 3 is 2.27 bits per heavy atom. The predicted molar refractivity (Wildman–Crippen MR) is 107 cm³/mol. The number of methoxy groups -OCH3 is 4. The molecule has 1 N–H and O–H groups in total. The van der Waals surface area contributed by atoms with Crippen molar-refractivity contribution in [2.75, 3.05) is 35.0 Å². The van der Waals surface area contributed by atoms with Crippen LogP contribution in [-0.2, 0) is 22.5 Å². The lowest BCUT2D eigenvalue weighted by atomic mass is 9.77. The third-order valence-electron chi connectivity index (χ3n) is 6.06. The van der Waals surface area contributed by atoms with E-state index < -0.39 is 11.3 Å². The molecule has 160 valence electrons. The monoisotopic (exact) mass is 415 g/mol. The number of carbonyl (C=O) groups excluding carboxylic acids is 1. The fourth-order valence-electron chi connectivity index (χ4n) is 4.59. The van der Waals surface area contributed by atoms with E-state index in [-0.39, 0.29) is 0 Å². The largest absolute Gasteiger partial charge is 0.493 e. The molecule has 0 aliphatic carbocycles. The van der Waals surface area contributed by atoms with Gasteiger partial charge in [0.15, 0.2) is 28.6 Å². The standard InChI is InChI=1S/C22H25NO7/c1-21(25)14-6-7-16(26-2)20(29-5)19(14)30-22(21)15-11-18(28-4)17(27-3)10-13(15)8-9-23(22)12-24/h6-7,10-12,25H,8-9H2,1-5H3/t21-,22-/m0/s1. The first-order valence-corrected chi connectivity index (χ1v) is 9.53. The number of benzene rings is 2. The van der Waals surface area contributed by atoms with E-state index >= 15 is 0 Å². The van der Waals surface area contributed by atoms with Crippen LogP contribution in [-0.4, -0.2) is 51.4 Å². The molecule has 2 aromatic rings. The average molecular weight is 415 g/mol. The summed E-state index contributed by atoms with van der Waals surface area (Å²) in [6, 6.07) is 7.05. The van der Waals surface area contributed by atoms with Crippen molar-refractivity contribution >= 4 is 6.41 Å². The van der Waals surface area contributed by atoms with Crippen LogP contribution in [0, 0.1) is 0 Å². The Morgan fingerprint density at radius 2 is 1.67 bits per heavy atom. The number of fused-ring (bicyclic) bond motifs is 3. The Labute approximate surface area is 174 Å². The second kappa shape index (κ2) is 6.98. The lowest BCUT2D eigenvalue weighted by Gasteiger charge is -2.48. The summed E-state index contributed by atoms with van der Waals surface area (Å²) in [5.41, 5.74) is -1.08. The van der Waals surface area contributed by atoms with Crippen LogP contribution in [0.1, 0.15) is 23.6 Å². The van der Waals surface area contributed by atoms with Crippen molar-refractivity contribution in [1.82, 2.24) is 4.90 Å². The van der Waals surface area contributed by atoms with Gasteiger partial charge in [-0.2, -0.15) is 0 Å². The molecular formula is C22H25NO7. The first-order chi connectivity index (χ1) is 14.4. The number of nitrogens with zero attached hydrogens (tertiary/aromatic N) is 1. The first-order valence-electron chi connectivity index (χ1n) is 9.53. The minimum absolute atomic E-state index is 0.330. The van der Waals surface area contributed by atoms with Gasteiger partial charge in [0.2, 0.25) is 17.9 Å². The molecule has 0 fully saturated rings. The summed E-state index contributed by atoms with van der Waals surface area (Å²) < 4.78 is 28.3. The molecule has 0 bridgehead atoms. The lowest BCUT2D eigenvalue weighted by molar-refractivity contribution is -0.203. The van der Waals surface area contributed by atoms with Gasteiger partial charge in [0.1, 0.15) is 0 Å². The average Bonchev–Trinajstić information content (AvgIpc) is 3.00. The molecular weight excluding hydrogens is 390 g/mol. The van der Waals surface area contributed by atoms with Crippen LogP contribution in [0.5, 0.6) is 28.7 Å². The molecule has 2 aliphatic rings. The smallest absolute Gasteiger partial charge is 0.244 e. The highest BCUT2D eigenvalue weighted by Gasteiger charge is 2.64. The van der Waals surface area contributed by atoms with Crippen molar-refractivity contribution in [3.8, 4) is 28.7 Å². The van der Waals surface area contributed by atoms with Crippen LogP contribution in [0.3, 0.4) is 0 Å². The number of aliphatic hydroxyl groups is 1. The van der Waals surface area contributed by atoms with Crippen LogP contribution in [0.15, 0.2) is 24.3 Å². The summed E-state index contributed by atoms with van der Waals surface area (Å²) in [6.45, 7) is 1.99. The van der Waals surface area contributed by atoms with E-state index in [1.54, 1.807) is 32.2 Å². The van der Waals surface area contributed by atoms with Crippen molar-refractivity contribution in [2.45, 2.75) is 24.7 Å². The second-order valence-corrected chi connectivity index (χ2v) is 7.41. The molecule has 0 aromatic heterocycles. The summed E-state index contributed by atoms with van der Waals surface area (Å²) in [5.74, 6) is 2.19. The number of ether oxygens (including phenoxy) is 5. The summed E-state index contributed by atoms with van der Waals surface area (Å²) in [5, 5.41) is 11.8. The Morgan fingerprint density at radius 1 is 1.00 bits per heavy atom.